The normalized spacial score (nSPS) is 16.0. The van der Waals surface area contributed by atoms with Crippen LogP contribution in [-0.2, 0) is 29.1 Å². The van der Waals surface area contributed by atoms with Crippen molar-refractivity contribution in [1.82, 2.24) is 30.1 Å². The number of likely N-dealkylation sites (tertiary alicyclic amines) is 1. The largest absolute Gasteiger partial charge is 0.485 e. The van der Waals surface area contributed by atoms with Crippen LogP contribution < -0.4 is 15.4 Å². The van der Waals surface area contributed by atoms with E-state index in [1.165, 1.54) is 31.0 Å². The van der Waals surface area contributed by atoms with Gasteiger partial charge in [0, 0.05) is 52.4 Å². The van der Waals surface area contributed by atoms with Crippen LogP contribution in [0.4, 0.5) is 5.82 Å². The Morgan fingerprint density at radius 2 is 2.12 bits per heavy atom. The molecule has 1 atom stereocenters. The number of aliphatic hydroxyl groups is 1. The molecule has 13 heteroatoms. The molecule has 1 saturated heterocycles. The summed E-state index contributed by atoms with van der Waals surface area (Å²) in [6.07, 6.45) is 4.45. The van der Waals surface area contributed by atoms with Crippen LogP contribution >= 0.6 is 0 Å². The highest BCUT2D eigenvalue weighted by molar-refractivity contribution is 5.92. The predicted octanol–water partition coefficient (Wildman–Crippen LogP) is 0.770. The second-order valence-electron chi connectivity index (χ2n) is 10.3. The van der Waals surface area contributed by atoms with Crippen LogP contribution in [-0.4, -0.2) is 100 Å². The lowest BCUT2D eigenvalue weighted by Crippen LogP contribution is -2.57. The van der Waals surface area contributed by atoms with Crippen LogP contribution in [0.5, 0.6) is 5.75 Å². The van der Waals surface area contributed by atoms with Crippen LogP contribution in [0.2, 0.25) is 0 Å². The third-order valence-corrected chi connectivity index (χ3v) is 7.29. The Balaban J connectivity index is 1.06. The number of carbonyl (C=O) groups excluding carboxylic acids is 2. The van der Waals surface area contributed by atoms with Gasteiger partial charge in [-0.3, -0.25) is 14.5 Å². The van der Waals surface area contributed by atoms with Crippen molar-refractivity contribution < 1.29 is 28.6 Å². The van der Waals surface area contributed by atoms with Crippen LogP contribution in [0, 0.1) is 6.92 Å². The molecule has 0 spiro atoms. The summed E-state index contributed by atoms with van der Waals surface area (Å²) in [6, 6.07) is 5.64. The molecule has 3 aromatic rings. The van der Waals surface area contributed by atoms with Gasteiger partial charge in [-0.15, -0.1) is 0 Å². The molecule has 13 nitrogen and oxygen atoms in total. The molecule has 5 rings (SSSR count). The van der Waals surface area contributed by atoms with Crippen molar-refractivity contribution >= 4 is 17.6 Å². The van der Waals surface area contributed by atoms with Gasteiger partial charge < -0.3 is 34.5 Å². The lowest BCUT2D eigenvalue weighted by molar-refractivity contribution is -0.139. The topological polar surface area (TPSA) is 155 Å². The highest BCUT2D eigenvalue weighted by atomic mass is 16.5. The predicted molar refractivity (Wildman–Crippen MR) is 147 cm³/mol. The number of benzene rings is 1. The van der Waals surface area contributed by atoms with Gasteiger partial charge >= 0.3 is 0 Å². The highest BCUT2D eigenvalue weighted by Gasteiger charge is 2.30. The number of nitrogens with zero attached hydrogens (tertiary/aromatic N) is 5. The number of amides is 2. The fraction of sp³-hybridized carbons (Fsp3) is 0.464. The second-order valence-corrected chi connectivity index (χ2v) is 10.3. The van der Waals surface area contributed by atoms with Gasteiger partial charge in [0.1, 0.15) is 36.8 Å². The van der Waals surface area contributed by atoms with Crippen LogP contribution in [0.3, 0.4) is 0 Å². The number of rotatable bonds is 12. The van der Waals surface area contributed by atoms with Crippen molar-refractivity contribution in [3.63, 3.8) is 0 Å². The lowest BCUT2D eigenvalue weighted by Gasteiger charge is -2.39. The average Bonchev–Trinajstić information content (AvgIpc) is 3.47. The number of β-amino-alcohol motifs (C(OH)–C–C–N with tert-alkyl or cyclic N) is 1. The molecular formula is C28H35N7O6. The summed E-state index contributed by atoms with van der Waals surface area (Å²) < 4.78 is 16.0. The molecule has 0 radical (unpaired) electrons. The molecule has 2 aliphatic rings. The van der Waals surface area contributed by atoms with Crippen molar-refractivity contribution in [2.24, 2.45) is 0 Å². The zero-order valence-corrected chi connectivity index (χ0v) is 23.2. The summed E-state index contributed by atoms with van der Waals surface area (Å²) >= 11 is 0. The molecule has 0 bridgehead atoms. The maximum Gasteiger partial charge on any atom is 0.270 e. The Morgan fingerprint density at radius 1 is 1.27 bits per heavy atom. The van der Waals surface area contributed by atoms with E-state index in [1.807, 2.05) is 6.07 Å². The zero-order valence-electron chi connectivity index (χ0n) is 23.2. The first-order valence-electron chi connectivity index (χ1n) is 13.5. The summed E-state index contributed by atoms with van der Waals surface area (Å²) in [7, 11) is 1.49. The number of nitrogens with one attached hydrogen (secondary N) is 2. The van der Waals surface area contributed by atoms with Crippen molar-refractivity contribution in [2.45, 2.75) is 38.6 Å². The quantitative estimate of drug-likeness (QED) is 0.285. The third kappa shape index (κ3) is 7.17. The number of carbonyl (C=O) groups is 2. The van der Waals surface area contributed by atoms with E-state index < -0.39 is 12.0 Å². The maximum absolute atomic E-state index is 12.7. The SMILES string of the molecule is COCC(=O)N1CC(Nc2cc(C(=O)NCC(O)CN3CCc4c(ccc(OCc5cnco5)c4C)C3)ncn2)C1. The molecule has 2 aliphatic heterocycles. The lowest BCUT2D eigenvalue weighted by atomic mass is 9.94. The van der Waals surface area contributed by atoms with Gasteiger partial charge in [-0.05, 0) is 36.1 Å². The number of fused-ring (bicyclic) bond motifs is 1. The van der Waals surface area contributed by atoms with Crippen LogP contribution in [0.1, 0.15) is 32.9 Å². The Hall–Kier alpha value is -4.07. The summed E-state index contributed by atoms with van der Waals surface area (Å²) in [5.74, 6) is 1.55. The van der Waals surface area contributed by atoms with E-state index in [9.17, 15) is 14.7 Å². The minimum Gasteiger partial charge on any atom is -0.485 e. The Kier molecular flexibility index (Phi) is 9.07. The number of methoxy groups -OCH3 is 1. The third-order valence-electron chi connectivity index (χ3n) is 7.29. The van der Waals surface area contributed by atoms with Gasteiger partial charge in [0.05, 0.1) is 18.3 Å². The smallest absolute Gasteiger partial charge is 0.270 e. The maximum atomic E-state index is 12.7. The fourth-order valence-corrected chi connectivity index (χ4v) is 5.07. The van der Waals surface area contributed by atoms with Gasteiger partial charge in [0.25, 0.3) is 5.91 Å². The molecule has 0 aliphatic carbocycles. The number of aromatic nitrogens is 3. The second kappa shape index (κ2) is 13.1. The molecule has 4 heterocycles. The van der Waals surface area contributed by atoms with Crippen molar-refractivity contribution in [3.05, 3.63) is 65.3 Å². The zero-order chi connectivity index (χ0) is 28.8. The Labute approximate surface area is 237 Å². The molecule has 1 aromatic carbocycles. The minimum atomic E-state index is -0.740. The Morgan fingerprint density at radius 3 is 2.90 bits per heavy atom. The molecular weight excluding hydrogens is 530 g/mol. The van der Waals surface area contributed by atoms with Crippen LogP contribution in [0.15, 0.2) is 41.5 Å². The number of aliphatic hydroxyl groups excluding tert-OH is 1. The standard InChI is InChI=1S/C28H35N7O6/c1-18-23-5-6-34(10-19(23)3-4-25(18)40-14-22-9-29-17-41-22)13-21(36)8-30-28(38)24-7-26(32-16-31-24)33-20-11-35(12-20)27(37)15-39-2/h3-4,7,9,16-17,20-21,36H,5-6,8,10-15H2,1-2H3,(H,30,38)(H,31,32,33). The van der Waals surface area contributed by atoms with E-state index in [0.29, 0.717) is 44.4 Å². The number of hydrogen-bond donors (Lipinski definition) is 3. The molecule has 1 unspecified atom stereocenters. The van der Waals surface area contributed by atoms with Gasteiger partial charge in [0.2, 0.25) is 5.91 Å². The fourth-order valence-electron chi connectivity index (χ4n) is 5.07. The molecule has 3 N–H and O–H groups in total. The molecule has 2 amide bonds. The van der Waals surface area contributed by atoms with Gasteiger partial charge in [-0.1, -0.05) is 6.07 Å². The van der Waals surface area contributed by atoms with Gasteiger partial charge in [-0.25, -0.2) is 15.0 Å². The number of oxazole rings is 1. The number of hydrogen-bond acceptors (Lipinski definition) is 11. The first-order valence-corrected chi connectivity index (χ1v) is 13.5. The van der Waals surface area contributed by atoms with Gasteiger partial charge in [-0.2, -0.15) is 0 Å². The summed E-state index contributed by atoms with van der Waals surface area (Å²) in [5, 5.41) is 16.6. The van der Waals surface area contributed by atoms with Crippen molar-refractivity contribution in [1.29, 1.82) is 0 Å². The van der Waals surface area contributed by atoms with Crippen LogP contribution in [0.25, 0.3) is 0 Å². The average molecular weight is 566 g/mol. The van der Waals surface area contributed by atoms with E-state index >= 15 is 0 Å². The Bertz CT molecular complexity index is 1350. The van der Waals surface area contributed by atoms with E-state index in [2.05, 4.69) is 43.5 Å². The monoisotopic (exact) mass is 565 g/mol. The molecule has 1 fully saturated rings. The summed E-state index contributed by atoms with van der Waals surface area (Å²) in [4.78, 5) is 40.5. The van der Waals surface area contributed by atoms with Gasteiger partial charge in [0.15, 0.2) is 12.2 Å². The summed E-state index contributed by atoms with van der Waals surface area (Å²) in [5.41, 5.74) is 3.78. The molecule has 41 heavy (non-hydrogen) atoms. The molecule has 218 valence electrons. The van der Waals surface area contributed by atoms with E-state index in [0.717, 1.165) is 24.3 Å². The highest BCUT2D eigenvalue weighted by Crippen LogP contribution is 2.30. The van der Waals surface area contributed by atoms with E-state index in [1.54, 1.807) is 17.2 Å². The first-order chi connectivity index (χ1) is 19.9. The van der Waals surface area contributed by atoms with Crippen molar-refractivity contribution in [2.75, 3.05) is 51.8 Å². The van der Waals surface area contributed by atoms with E-state index in [-0.39, 0.29) is 30.8 Å². The van der Waals surface area contributed by atoms with Crippen molar-refractivity contribution in [3.8, 4) is 5.75 Å². The minimum absolute atomic E-state index is 0.0419. The summed E-state index contributed by atoms with van der Waals surface area (Å²) in [6.45, 7) is 5.56. The van der Waals surface area contributed by atoms with E-state index in [4.69, 9.17) is 13.9 Å². The molecule has 0 saturated carbocycles. The number of ether oxygens (including phenoxy) is 2. The molecule has 2 aromatic heterocycles. The first kappa shape index (κ1) is 28.5. The number of anilines is 1.